The highest BCUT2D eigenvalue weighted by Gasteiger charge is 2.40. The van der Waals surface area contributed by atoms with Gasteiger partial charge in [-0.15, -0.1) is 12.4 Å². The summed E-state index contributed by atoms with van der Waals surface area (Å²) in [6.45, 7) is 5.53. The first-order valence-corrected chi connectivity index (χ1v) is 9.91. The quantitative estimate of drug-likeness (QED) is 0.781. The maximum atomic E-state index is 12.9. The molecule has 0 aromatic heterocycles. The van der Waals surface area contributed by atoms with Gasteiger partial charge in [0.05, 0.1) is 12.0 Å². The van der Waals surface area contributed by atoms with Crippen molar-refractivity contribution >= 4 is 24.2 Å². The molecular weight excluding hydrogens is 378 g/mol. The second-order valence-corrected chi connectivity index (χ2v) is 7.87. The SMILES string of the molecule is COCC1(C(=O)NC2CCN(C(=O)c3ccc(C)cc3)CC2)CCNCC1.Cl. The molecule has 2 aliphatic rings. The van der Waals surface area contributed by atoms with E-state index in [-0.39, 0.29) is 30.3 Å². The van der Waals surface area contributed by atoms with Crippen LogP contribution >= 0.6 is 12.4 Å². The molecule has 6 nitrogen and oxygen atoms in total. The summed E-state index contributed by atoms with van der Waals surface area (Å²) in [5, 5.41) is 6.55. The number of ether oxygens (including phenoxy) is 1. The summed E-state index contributed by atoms with van der Waals surface area (Å²) in [5.41, 5.74) is 1.46. The highest BCUT2D eigenvalue weighted by molar-refractivity contribution is 5.94. The van der Waals surface area contributed by atoms with E-state index >= 15 is 0 Å². The molecule has 2 heterocycles. The van der Waals surface area contributed by atoms with Crippen LogP contribution in [0.25, 0.3) is 0 Å². The van der Waals surface area contributed by atoms with Crippen LogP contribution in [-0.2, 0) is 9.53 Å². The number of likely N-dealkylation sites (tertiary alicyclic amines) is 1. The standard InChI is InChI=1S/C21H31N3O3.ClH/c1-16-3-5-17(6-4-16)19(25)24-13-7-18(8-14-24)23-20(26)21(15-27-2)9-11-22-12-10-21;/h3-6,18,22H,7-15H2,1-2H3,(H,23,26);1H. The van der Waals surface area contributed by atoms with Crippen LogP contribution in [0.5, 0.6) is 0 Å². The zero-order valence-electron chi connectivity index (χ0n) is 16.8. The third-order valence-corrected chi connectivity index (χ3v) is 5.88. The Labute approximate surface area is 173 Å². The smallest absolute Gasteiger partial charge is 0.253 e. The summed E-state index contributed by atoms with van der Waals surface area (Å²) < 4.78 is 5.36. The minimum atomic E-state index is -0.422. The lowest BCUT2D eigenvalue weighted by Gasteiger charge is -2.38. The Hall–Kier alpha value is -1.63. The van der Waals surface area contributed by atoms with Crippen molar-refractivity contribution in [3.63, 3.8) is 0 Å². The van der Waals surface area contributed by atoms with Gasteiger partial charge in [0.25, 0.3) is 5.91 Å². The van der Waals surface area contributed by atoms with E-state index in [1.807, 2.05) is 36.1 Å². The summed E-state index contributed by atoms with van der Waals surface area (Å²) in [4.78, 5) is 27.5. The molecule has 156 valence electrons. The Morgan fingerprint density at radius 2 is 1.79 bits per heavy atom. The monoisotopic (exact) mass is 409 g/mol. The first-order chi connectivity index (χ1) is 13.0. The van der Waals surface area contributed by atoms with Crippen molar-refractivity contribution in [3.8, 4) is 0 Å². The highest BCUT2D eigenvalue weighted by atomic mass is 35.5. The van der Waals surface area contributed by atoms with Gasteiger partial charge in [-0.1, -0.05) is 17.7 Å². The predicted molar refractivity (Wildman–Crippen MR) is 112 cm³/mol. The maximum Gasteiger partial charge on any atom is 0.253 e. The molecule has 0 atom stereocenters. The van der Waals surface area contributed by atoms with Crippen molar-refractivity contribution < 1.29 is 14.3 Å². The van der Waals surface area contributed by atoms with E-state index in [0.29, 0.717) is 19.7 Å². The Morgan fingerprint density at radius 3 is 2.36 bits per heavy atom. The highest BCUT2D eigenvalue weighted by Crippen LogP contribution is 2.30. The van der Waals surface area contributed by atoms with Gasteiger partial charge < -0.3 is 20.3 Å². The van der Waals surface area contributed by atoms with Crippen LogP contribution in [0.1, 0.15) is 41.6 Å². The zero-order valence-corrected chi connectivity index (χ0v) is 17.6. The van der Waals surface area contributed by atoms with Crippen molar-refractivity contribution in [1.82, 2.24) is 15.5 Å². The van der Waals surface area contributed by atoms with Crippen molar-refractivity contribution in [1.29, 1.82) is 0 Å². The summed E-state index contributed by atoms with van der Waals surface area (Å²) in [6.07, 6.45) is 3.20. The number of carbonyl (C=O) groups excluding carboxylic acids is 2. The molecule has 0 aliphatic carbocycles. The number of nitrogens with zero attached hydrogens (tertiary/aromatic N) is 1. The molecule has 0 radical (unpaired) electrons. The Morgan fingerprint density at radius 1 is 1.18 bits per heavy atom. The molecule has 2 amide bonds. The average Bonchev–Trinajstić information content (AvgIpc) is 2.69. The zero-order chi connectivity index (χ0) is 19.3. The lowest BCUT2D eigenvalue weighted by molar-refractivity contribution is -0.137. The van der Waals surface area contributed by atoms with Crippen LogP contribution < -0.4 is 10.6 Å². The third kappa shape index (κ3) is 5.25. The Kier molecular flexibility index (Phi) is 8.28. The molecule has 7 heteroatoms. The van der Waals surface area contributed by atoms with Gasteiger partial charge in [-0.05, 0) is 57.8 Å². The number of methoxy groups -OCH3 is 1. The summed E-state index contributed by atoms with van der Waals surface area (Å²) >= 11 is 0. The lowest BCUT2D eigenvalue weighted by atomic mass is 9.78. The molecule has 0 saturated carbocycles. The third-order valence-electron chi connectivity index (χ3n) is 5.88. The van der Waals surface area contributed by atoms with Gasteiger partial charge in [-0.25, -0.2) is 0 Å². The predicted octanol–water partition coefficient (Wildman–Crippen LogP) is 2.15. The number of nitrogens with one attached hydrogen (secondary N) is 2. The fourth-order valence-corrected chi connectivity index (χ4v) is 4.06. The van der Waals surface area contributed by atoms with Crippen LogP contribution in [0.4, 0.5) is 0 Å². The fraction of sp³-hybridized carbons (Fsp3) is 0.619. The number of amides is 2. The molecule has 1 aromatic rings. The van der Waals surface area contributed by atoms with Crippen LogP contribution in [0.15, 0.2) is 24.3 Å². The second kappa shape index (κ2) is 10.2. The number of aryl methyl sites for hydroxylation is 1. The average molecular weight is 410 g/mol. The first-order valence-electron chi connectivity index (χ1n) is 9.91. The van der Waals surface area contributed by atoms with E-state index in [1.165, 1.54) is 0 Å². The van der Waals surface area contributed by atoms with Gasteiger partial charge in [0, 0.05) is 31.8 Å². The number of rotatable bonds is 5. The molecule has 0 unspecified atom stereocenters. The maximum absolute atomic E-state index is 12.9. The van der Waals surface area contributed by atoms with E-state index in [9.17, 15) is 9.59 Å². The Balaban J connectivity index is 0.00000280. The number of benzene rings is 1. The molecule has 0 spiro atoms. The largest absolute Gasteiger partial charge is 0.384 e. The molecular formula is C21H32ClN3O3. The molecule has 2 N–H and O–H groups in total. The number of halogens is 1. The number of piperidine rings is 2. The number of hydrogen-bond donors (Lipinski definition) is 2. The van der Waals surface area contributed by atoms with Crippen LogP contribution in [0, 0.1) is 12.3 Å². The Bertz CT molecular complexity index is 646. The van der Waals surface area contributed by atoms with E-state index in [0.717, 1.165) is 49.9 Å². The second-order valence-electron chi connectivity index (χ2n) is 7.87. The molecule has 28 heavy (non-hydrogen) atoms. The fourth-order valence-electron chi connectivity index (χ4n) is 4.06. The van der Waals surface area contributed by atoms with Crippen molar-refractivity contribution in [2.75, 3.05) is 39.9 Å². The molecule has 2 fully saturated rings. The number of hydrogen-bond acceptors (Lipinski definition) is 4. The normalized spacial score (nSPS) is 19.6. The van der Waals surface area contributed by atoms with Crippen LogP contribution in [0.3, 0.4) is 0 Å². The topological polar surface area (TPSA) is 70.7 Å². The van der Waals surface area contributed by atoms with Crippen molar-refractivity contribution in [3.05, 3.63) is 35.4 Å². The van der Waals surface area contributed by atoms with Gasteiger partial charge in [-0.3, -0.25) is 9.59 Å². The summed E-state index contributed by atoms with van der Waals surface area (Å²) in [5.74, 6) is 0.183. The van der Waals surface area contributed by atoms with Crippen LogP contribution in [0.2, 0.25) is 0 Å². The van der Waals surface area contributed by atoms with Gasteiger partial charge >= 0.3 is 0 Å². The van der Waals surface area contributed by atoms with E-state index < -0.39 is 5.41 Å². The summed E-state index contributed by atoms with van der Waals surface area (Å²) in [6, 6.07) is 7.83. The minimum absolute atomic E-state index is 0. The summed E-state index contributed by atoms with van der Waals surface area (Å²) in [7, 11) is 1.66. The molecule has 3 rings (SSSR count). The van der Waals surface area contributed by atoms with E-state index in [1.54, 1.807) is 7.11 Å². The lowest BCUT2D eigenvalue weighted by Crippen LogP contribution is -2.54. The van der Waals surface area contributed by atoms with Crippen molar-refractivity contribution in [2.24, 2.45) is 5.41 Å². The van der Waals surface area contributed by atoms with Gasteiger partial charge in [0.2, 0.25) is 5.91 Å². The van der Waals surface area contributed by atoms with E-state index in [4.69, 9.17) is 4.74 Å². The van der Waals surface area contributed by atoms with Gasteiger partial charge in [-0.2, -0.15) is 0 Å². The van der Waals surface area contributed by atoms with Crippen molar-refractivity contribution in [2.45, 2.75) is 38.6 Å². The first kappa shape index (κ1) is 22.7. The number of carbonyl (C=O) groups is 2. The van der Waals surface area contributed by atoms with Crippen LogP contribution in [-0.4, -0.2) is 62.7 Å². The molecule has 0 bridgehead atoms. The van der Waals surface area contributed by atoms with E-state index in [2.05, 4.69) is 10.6 Å². The molecule has 2 saturated heterocycles. The van der Waals surface area contributed by atoms with Gasteiger partial charge in [0.15, 0.2) is 0 Å². The minimum Gasteiger partial charge on any atom is -0.384 e. The van der Waals surface area contributed by atoms with Gasteiger partial charge in [0.1, 0.15) is 0 Å². The molecule has 2 aliphatic heterocycles. The molecule has 1 aromatic carbocycles.